The van der Waals surface area contributed by atoms with E-state index in [2.05, 4.69) is 17.9 Å². The van der Waals surface area contributed by atoms with Crippen LogP contribution in [-0.4, -0.2) is 11.4 Å². The van der Waals surface area contributed by atoms with Crippen LogP contribution in [-0.2, 0) is 13.0 Å². The minimum atomic E-state index is 0.300. The predicted molar refractivity (Wildman–Crippen MR) is 89.8 cm³/mol. The van der Waals surface area contributed by atoms with Gasteiger partial charge in [-0.1, -0.05) is 41.4 Å². The molecule has 4 heteroatoms. The summed E-state index contributed by atoms with van der Waals surface area (Å²) >= 11 is 12.1. The number of nitrogen functional groups attached to an aromatic ring is 1. The Morgan fingerprint density at radius 3 is 2.71 bits per heavy atom. The largest absolute Gasteiger partial charge is 0.398 e. The van der Waals surface area contributed by atoms with Crippen molar-refractivity contribution < 1.29 is 0 Å². The number of anilines is 1. The molecule has 1 heterocycles. The monoisotopic (exact) mass is 320 g/mol. The van der Waals surface area contributed by atoms with Gasteiger partial charge < -0.3 is 5.73 Å². The van der Waals surface area contributed by atoms with Crippen molar-refractivity contribution in [3.05, 3.63) is 63.1 Å². The molecule has 110 valence electrons. The van der Waals surface area contributed by atoms with Crippen LogP contribution < -0.4 is 5.73 Å². The number of hydrogen-bond acceptors (Lipinski definition) is 2. The molecule has 0 bridgehead atoms. The average Bonchev–Trinajstić information content (AvgIpc) is 2.49. The van der Waals surface area contributed by atoms with E-state index >= 15 is 0 Å². The van der Waals surface area contributed by atoms with E-state index in [0.29, 0.717) is 16.1 Å². The van der Waals surface area contributed by atoms with E-state index in [-0.39, 0.29) is 0 Å². The van der Waals surface area contributed by atoms with Crippen LogP contribution in [0.1, 0.15) is 29.7 Å². The molecule has 0 aliphatic carbocycles. The molecule has 0 saturated heterocycles. The molecular formula is C17H18Cl2N2. The van der Waals surface area contributed by atoms with Gasteiger partial charge in [0.2, 0.25) is 0 Å². The first-order chi connectivity index (χ1) is 10.1. The van der Waals surface area contributed by atoms with E-state index in [1.165, 1.54) is 16.7 Å². The Bertz CT molecular complexity index is 670. The van der Waals surface area contributed by atoms with E-state index in [9.17, 15) is 0 Å². The van der Waals surface area contributed by atoms with Crippen molar-refractivity contribution >= 4 is 28.9 Å². The Balaban J connectivity index is 1.83. The molecule has 2 aromatic carbocycles. The third-order valence-electron chi connectivity index (χ3n) is 4.31. The van der Waals surface area contributed by atoms with Crippen molar-refractivity contribution in [2.75, 3.05) is 12.3 Å². The fourth-order valence-electron chi connectivity index (χ4n) is 2.97. The van der Waals surface area contributed by atoms with Crippen LogP contribution in [0.5, 0.6) is 0 Å². The van der Waals surface area contributed by atoms with Crippen LogP contribution in [0.15, 0.2) is 36.4 Å². The van der Waals surface area contributed by atoms with Crippen LogP contribution in [0.4, 0.5) is 5.69 Å². The molecule has 0 spiro atoms. The molecule has 0 saturated carbocycles. The molecule has 3 rings (SSSR count). The van der Waals surface area contributed by atoms with Crippen molar-refractivity contribution in [1.29, 1.82) is 0 Å². The number of halogens is 2. The van der Waals surface area contributed by atoms with Gasteiger partial charge in [-0.05, 0) is 48.2 Å². The molecule has 2 aromatic rings. The maximum absolute atomic E-state index is 6.13. The highest BCUT2D eigenvalue weighted by Gasteiger charge is 2.23. The Kier molecular flexibility index (Phi) is 4.12. The van der Waals surface area contributed by atoms with E-state index < -0.39 is 0 Å². The topological polar surface area (TPSA) is 29.3 Å². The van der Waals surface area contributed by atoms with Gasteiger partial charge in [-0.25, -0.2) is 0 Å². The maximum Gasteiger partial charge on any atom is 0.0595 e. The average molecular weight is 321 g/mol. The van der Waals surface area contributed by atoms with Gasteiger partial charge in [-0.3, -0.25) is 4.90 Å². The first kappa shape index (κ1) is 14.7. The molecule has 0 radical (unpaired) electrons. The quantitative estimate of drug-likeness (QED) is 0.813. The molecule has 2 N–H and O–H groups in total. The summed E-state index contributed by atoms with van der Waals surface area (Å²) in [4.78, 5) is 2.45. The summed E-state index contributed by atoms with van der Waals surface area (Å²) in [5, 5.41) is 1.21. The number of hydrogen-bond donors (Lipinski definition) is 1. The Morgan fingerprint density at radius 1 is 1.14 bits per heavy atom. The maximum atomic E-state index is 6.13. The summed E-state index contributed by atoms with van der Waals surface area (Å²) < 4.78 is 0. The van der Waals surface area contributed by atoms with Gasteiger partial charge >= 0.3 is 0 Å². The van der Waals surface area contributed by atoms with Crippen molar-refractivity contribution in [3.8, 4) is 0 Å². The van der Waals surface area contributed by atoms with Crippen LogP contribution in [0.2, 0.25) is 10.0 Å². The molecule has 21 heavy (non-hydrogen) atoms. The molecule has 0 fully saturated rings. The predicted octanol–water partition coefficient (Wildman–Crippen LogP) is 4.69. The van der Waals surface area contributed by atoms with Crippen LogP contribution in [0.3, 0.4) is 0 Å². The molecule has 1 atom stereocenters. The Labute approximate surface area is 135 Å². The first-order valence-electron chi connectivity index (χ1n) is 7.11. The minimum absolute atomic E-state index is 0.300. The molecule has 1 aliphatic heterocycles. The number of nitrogens with zero attached hydrogens (tertiary/aromatic N) is 1. The number of rotatable bonds is 2. The van der Waals surface area contributed by atoms with Gasteiger partial charge in [0.15, 0.2) is 0 Å². The third kappa shape index (κ3) is 2.89. The fourth-order valence-corrected chi connectivity index (χ4v) is 3.28. The highest BCUT2D eigenvalue weighted by molar-refractivity contribution is 6.42. The molecular weight excluding hydrogens is 303 g/mol. The van der Waals surface area contributed by atoms with E-state index in [4.69, 9.17) is 28.9 Å². The first-order valence-corrected chi connectivity index (χ1v) is 7.87. The zero-order chi connectivity index (χ0) is 15.0. The molecule has 1 aliphatic rings. The highest BCUT2D eigenvalue weighted by atomic mass is 35.5. The van der Waals surface area contributed by atoms with Crippen molar-refractivity contribution in [3.63, 3.8) is 0 Å². The standard InChI is InChI=1S/C17H18Cl2N2/c1-11(12-5-6-15(18)16(19)9-12)21-8-7-14-13(10-21)3-2-4-17(14)20/h2-6,9,11H,7-8,10,20H2,1H3. The van der Waals surface area contributed by atoms with E-state index in [0.717, 1.165) is 25.2 Å². The van der Waals surface area contributed by atoms with Gasteiger partial charge in [0.1, 0.15) is 0 Å². The van der Waals surface area contributed by atoms with Crippen molar-refractivity contribution in [2.24, 2.45) is 0 Å². The molecule has 0 aromatic heterocycles. The smallest absolute Gasteiger partial charge is 0.0595 e. The summed E-state index contributed by atoms with van der Waals surface area (Å²) in [6.45, 7) is 4.13. The second-order valence-corrected chi connectivity index (χ2v) is 6.37. The highest BCUT2D eigenvalue weighted by Crippen LogP contribution is 2.32. The summed E-state index contributed by atoms with van der Waals surface area (Å²) in [6.07, 6.45) is 0.994. The van der Waals surface area contributed by atoms with Gasteiger partial charge in [0, 0.05) is 24.8 Å². The molecule has 2 nitrogen and oxygen atoms in total. The molecule has 1 unspecified atom stereocenters. The summed E-state index contributed by atoms with van der Waals surface area (Å²) in [6, 6.07) is 12.4. The van der Waals surface area contributed by atoms with E-state index in [1.54, 1.807) is 0 Å². The van der Waals surface area contributed by atoms with Crippen LogP contribution in [0, 0.1) is 0 Å². The van der Waals surface area contributed by atoms with Crippen molar-refractivity contribution in [2.45, 2.75) is 25.9 Å². The zero-order valence-electron chi connectivity index (χ0n) is 11.9. The Hall–Kier alpha value is -1.22. The second kappa shape index (κ2) is 5.88. The lowest BCUT2D eigenvalue weighted by Crippen LogP contribution is -2.33. The third-order valence-corrected chi connectivity index (χ3v) is 5.04. The lowest BCUT2D eigenvalue weighted by Gasteiger charge is -2.34. The van der Waals surface area contributed by atoms with Crippen LogP contribution in [0.25, 0.3) is 0 Å². The van der Waals surface area contributed by atoms with Crippen molar-refractivity contribution in [1.82, 2.24) is 4.90 Å². The zero-order valence-corrected chi connectivity index (χ0v) is 13.5. The van der Waals surface area contributed by atoms with Crippen LogP contribution >= 0.6 is 23.2 Å². The summed E-state index contributed by atoms with van der Waals surface area (Å²) in [5.74, 6) is 0. The summed E-state index contributed by atoms with van der Waals surface area (Å²) in [5.41, 5.74) is 10.8. The number of fused-ring (bicyclic) bond motifs is 1. The number of nitrogens with two attached hydrogens (primary N) is 1. The SMILES string of the molecule is CC(c1ccc(Cl)c(Cl)c1)N1CCc2c(N)cccc2C1. The fraction of sp³-hybridized carbons (Fsp3) is 0.294. The van der Waals surface area contributed by atoms with Gasteiger partial charge in [0.25, 0.3) is 0 Å². The van der Waals surface area contributed by atoms with E-state index in [1.807, 2.05) is 30.3 Å². The minimum Gasteiger partial charge on any atom is -0.398 e. The van der Waals surface area contributed by atoms with Gasteiger partial charge in [0.05, 0.1) is 10.0 Å². The normalized spacial score (nSPS) is 16.5. The number of benzene rings is 2. The lowest BCUT2D eigenvalue weighted by molar-refractivity contribution is 0.192. The summed E-state index contributed by atoms with van der Waals surface area (Å²) in [7, 11) is 0. The Morgan fingerprint density at radius 2 is 1.95 bits per heavy atom. The van der Waals surface area contributed by atoms with Gasteiger partial charge in [-0.15, -0.1) is 0 Å². The molecule has 0 amide bonds. The van der Waals surface area contributed by atoms with Gasteiger partial charge in [-0.2, -0.15) is 0 Å². The lowest BCUT2D eigenvalue weighted by atomic mass is 9.95. The second-order valence-electron chi connectivity index (χ2n) is 5.55.